The van der Waals surface area contributed by atoms with Crippen LogP contribution >= 0.6 is 0 Å². The van der Waals surface area contributed by atoms with Crippen molar-refractivity contribution in [1.29, 1.82) is 0 Å². The summed E-state index contributed by atoms with van der Waals surface area (Å²) in [6, 6.07) is 6.63. The fraction of sp³-hybridized carbons (Fsp3) is 0.538. The van der Waals surface area contributed by atoms with E-state index in [1.807, 2.05) is 13.0 Å². The third kappa shape index (κ3) is 5.15. The SMILES string of the molecule is CCOCCN(CCCN)c1cccc(F)c1. The van der Waals surface area contributed by atoms with Gasteiger partial charge in [-0.05, 0) is 38.1 Å². The molecule has 1 aromatic carbocycles. The molecule has 0 radical (unpaired) electrons. The molecule has 0 bridgehead atoms. The molecule has 0 spiro atoms. The Hall–Kier alpha value is -1.13. The van der Waals surface area contributed by atoms with Gasteiger partial charge in [0.05, 0.1) is 6.61 Å². The van der Waals surface area contributed by atoms with E-state index in [1.165, 1.54) is 6.07 Å². The van der Waals surface area contributed by atoms with Gasteiger partial charge < -0.3 is 15.4 Å². The monoisotopic (exact) mass is 240 g/mol. The van der Waals surface area contributed by atoms with Crippen LogP contribution in [-0.4, -0.2) is 32.8 Å². The van der Waals surface area contributed by atoms with E-state index in [2.05, 4.69) is 4.90 Å². The highest BCUT2D eigenvalue weighted by Crippen LogP contribution is 2.15. The maximum atomic E-state index is 13.2. The Morgan fingerprint density at radius 1 is 1.35 bits per heavy atom. The first kappa shape index (κ1) is 13.9. The van der Waals surface area contributed by atoms with Crippen molar-refractivity contribution in [2.45, 2.75) is 13.3 Å². The summed E-state index contributed by atoms with van der Waals surface area (Å²) in [6.07, 6.45) is 0.892. The molecule has 96 valence electrons. The van der Waals surface area contributed by atoms with Crippen molar-refractivity contribution < 1.29 is 9.13 Å². The van der Waals surface area contributed by atoms with Crippen molar-refractivity contribution >= 4 is 5.69 Å². The van der Waals surface area contributed by atoms with Gasteiger partial charge in [0, 0.05) is 25.4 Å². The molecule has 3 nitrogen and oxygen atoms in total. The second-order valence-electron chi connectivity index (χ2n) is 3.81. The zero-order chi connectivity index (χ0) is 12.5. The number of benzene rings is 1. The Labute approximate surface area is 102 Å². The van der Waals surface area contributed by atoms with E-state index in [-0.39, 0.29) is 5.82 Å². The Balaban J connectivity index is 2.60. The van der Waals surface area contributed by atoms with Gasteiger partial charge in [-0.25, -0.2) is 4.39 Å². The lowest BCUT2D eigenvalue weighted by molar-refractivity contribution is 0.154. The molecule has 0 aliphatic rings. The molecule has 0 heterocycles. The van der Waals surface area contributed by atoms with Gasteiger partial charge in [0.2, 0.25) is 0 Å². The van der Waals surface area contributed by atoms with E-state index >= 15 is 0 Å². The highest BCUT2D eigenvalue weighted by Gasteiger charge is 2.06. The van der Waals surface area contributed by atoms with E-state index in [4.69, 9.17) is 10.5 Å². The maximum Gasteiger partial charge on any atom is 0.125 e. The van der Waals surface area contributed by atoms with Gasteiger partial charge in [0.25, 0.3) is 0 Å². The molecule has 0 aromatic heterocycles. The molecule has 0 saturated carbocycles. The molecule has 0 saturated heterocycles. The van der Waals surface area contributed by atoms with Gasteiger partial charge in [-0.1, -0.05) is 6.07 Å². The Morgan fingerprint density at radius 3 is 2.82 bits per heavy atom. The topological polar surface area (TPSA) is 38.5 Å². The predicted octanol–water partition coefficient (Wildman–Crippen LogP) is 2.02. The lowest BCUT2D eigenvalue weighted by Crippen LogP contribution is -2.29. The summed E-state index contributed by atoms with van der Waals surface area (Å²) >= 11 is 0. The van der Waals surface area contributed by atoms with Crippen LogP contribution < -0.4 is 10.6 Å². The number of rotatable bonds is 8. The zero-order valence-corrected chi connectivity index (χ0v) is 10.4. The molecule has 0 aliphatic carbocycles. The standard InChI is InChI=1S/C13H21FN2O/c1-2-17-10-9-16(8-4-7-15)13-6-3-5-12(14)11-13/h3,5-6,11H,2,4,7-10,15H2,1H3. The van der Waals surface area contributed by atoms with Gasteiger partial charge in [0.15, 0.2) is 0 Å². The molecule has 1 rings (SSSR count). The Morgan fingerprint density at radius 2 is 2.18 bits per heavy atom. The van der Waals surface area contributed by atoms with Gasteiger partial charge >= 0.3 is 0 Å². The van der Waals surface area contributed by atoms with Crippen molar-refractivity contribution in [2.24, 2.45) is 5.73 Å². The van der Waals surface area contributed by atoms with Gasteiger partial charge in [-0.15, -0.1) is 0 Å². The first-order valence-electron chi connectivity index (χ1n) is 6.06. The quantitative estimate of drug-likeness (QED) is 0.706. The van der Waals surface area contributed by atoms with Gasteiger partial charge in [-0.2, -0.15) is 0 Å². The molecule has 1 aromatic rings. The molecule has 17 heavy (non-hydrogen) atoms. The van der Waals surface area contributed by atoms with Gasteiger partial charge in [-0.3, -0.25) is 0 Å². The van der Waals surface area contributed by atoms with Crippen LogP contribution in [0.2, 0.25) is 0 Å². The number of nitrogens with zero attached hydrogens (tertiary/aromatic N) is 1. The number of halogens is 1. The summed E-state index contributed by atoms with van der Waals surface area (Å²) in [4.78, 5) is 2.10. The average Bonchev–Trinajstić information content (AvgIpc) is 2.33. The molecule has 0 fully saturated rings. The minimum Gasteiger partial charge on any atom is -0.380 e. The molecular weight excluding hydrogens is 219 g/mol. The van der Waals surface area contributed by atoms with Crippen LogP contribution in [0.5, 0.6) is 0 Å². The van der Waals surface area contributed by atoms with Crippen LogP contribution in [0.3, 0.4) is 0 Å². The summed E-state index contributed by atoms with van der Waals surface area (Å²) in [6.45, 7) is 5.54. The number of hydrogen-bond acceptors (Lipinski definition) is 3. The molecule has 2 N–H and O–H groups in total. The fourth-order valence-electron chi connectivity index (χ4n) is 1.64. The van der Waals surface area contributed by atoms with Crippen molar-refractivity contribution in [1.82, 2.24) is 0 Å². The fourth-order valence-corrected chi connectivity index (χ4v) is 1.64. The third-order valence-corrected chi connectivity index (χ3v) is 2.52. The van der Waals surface area contributed by atoms with Crippen molar-refractivity contribution in [3.63, 3.8) is 0 Å². The van der Waals surface area contributed by atoms with Crippen molar-refractivity contribution in [2.75, 3.05) is 37.7 Å². The molecule has 4 heteroatoms. The lowest BCUT2D eigenvalue weighted by atomic mass is 10.2. The van der Waals surface area contributed by atoms with Gasteiger partial charge in [0.1, 0.15) is 5.82 Å². The molecule has 0 atom stereocenters. The van der Waals surface area contributed by atoms with Crippen LogP contribution in [0.4, 0.5) is 10.1 Å². The maximum absolute atomic E-state index is 13.2. The highest BCUT2D eigenvalue weighted by atomic mass is 19.1. The zero-order valence-electron chi connectivity index (χ0n) is 10.4. The second kappa shape index (κ2) is 8.03. The normalized spacial score (nSPS) is 10.5. The summed E-state index contributed by atoms with van der Waals surface area (Å²) in [7, 11) is 0. The first-order chi connectivity index (χ1) is 8.27. The van der Waals surface area contributed by atoms with Crippen molar-refractivity contribution in [3.8, 4) is 0 Å². The largest absolute Gasteiger partial charge is 0.380 e. The number of nitrogens with two attached hydrogens (primary N) is 1. The Bertz CT molecular complexity index is 320. The smallest absolute Gasteiger partial charge is 0.125 e. The van der Waals surface area contributed by atoms with E-state index < -0.39 is 0 Å². The highest BCUT2D eigenvalue weighted by molar-refractivity contribution is 5.46. The number of anilines is 1. The van der Waals surface area contributed by atoms with E-state index in [0.717, 1.165) is 25.2 Å². The lowest BCUT2D eigenvalue weighted by Gasteiger charge is -2.24. The average molecular weight is 240 g/mol. The summed E-state index contributed by atoms with van der Waals surface area (Å²) in [5, 5.41) is 0. The predicted molar refractivity (Wildman–Crippen MR) is 68.8 cm³/mol. The molecular formula is C13H21FN2O. The number of ether oxygens (including phenoxy) is 1. The van der Waals surface area contributed by atoms with Crippen molar-refractivity contribution in [3.05, 3.63) is 30.1 Å². The molecule has 0 unspecified atom stereocenters. The van der Waals surface area contributed by atoms with E-state index in [1.54, 1.807) is 12.1 Å². The second-order valence-corrected chi connectivity index (χ2v) is 3.81. The molecule has 0 aliphatic heterocycles. The summed E-state index contributed by atoms with van der Waals surface area (Å²) in [5.41, 5.74) is 6.39. The third-order valence-electron chi connectivity index (χ3n) is 2.52. The number of hydrogen-bond donors (Lipinski definition) is 1. The Kier molecular flexibility index (Phi) is 6.58. The first-order valence-corrected chi connectivity index (χ1v) is 6.06. The summed E-state index contributed by atoms with van der Waals surface area (Å²) in [5.74, 6) is -0.211. The summed E-state index contributed by atoms with van der Waals surface area (Å²) < 4.78 is 18.5. The van der Waals surface area contributed by atoms with Crippen LogP contribution in [0.1, 0.15) is 13.3 Å². The van der Waals surface area contributed by atoms with Crippen LogP contribution in [0.25, 0.3) is 0 Å². The molecule has 0 amide bonds. The van der Waals surface area contributed by atoms with Crippen LogP contribution in [-0.2, 0) is 4.74 Å². The van der Waals surface area contributed by atoms with E-state index in [9.17, 15) is 4.39 Å². The van der Waals surface area contributed by atoms with E-state index in [0.29, 0.717) is 19.8 Å². The van der Waals surface area contributed by atoms with Crippen LogP contribution in [0.15, 0.2) is 24.3 Å². The minimum atomic E-state index is -0.211. The minimum absolute atomic E-state index is 0.211. The van der Waals surface area contributed by atoms with Crippen LogP contribution in [0, 0.1) is 5.82 Å².